The summed E-state index contributed by atoms with van der Waals surface area (Å²) in [6.07, 6.45) is 3.03. The molecule has 0 atom stereocenters. The number of benzene rings is 2. The van der Waals surface area contributed by atoms with E-state index in [-0.39, 0.29) is 13.2 Å². The van der Waals surface area contributed by atoms with Crippen molar-refractivity contribution in [3.63, 3.8) is 0 Å². The normalized spacial score (nSPS) is 12.8. The second-order valence-corrected chi connectivity index (χ2v) is 9.08. The highest BCUT2D eigenvalue weighted by molar-refractivity contribution is 7.21. The molecule has 0 aliphatic heterocycles. The van der Waals surface area contributed by atoms with E-state index in [0.717, 1.165) is 34.7 Å². The van der Waals surface area contributed by atoms with Crippen LogP contribution >= 0.6 is 22.9 Å². The molecule has 0 radical (unpaired) electrons. The number of rotatable bonds is 5. The summed E-state index contributed by atoms with van der Waals surface area (Å²) in [5, 5.41) is 4.48. The summed E-state index contributed by atoms with van der Waals surface area (Å²) in [5.41, 5.74) is 3.01. The molecule has 6 nitrogen and oxygen atoms in total. The first-order chi connectivity index (χ1) is 15.5. The van der Waals surface area contributed by atoms with E-state index in [4.69, 9.17) is 20.8 Å². The van der Waals surface area contributed by atoms with Gasteiger partial charge in [-0.3, -0.25) is 9.59 Å². The Balaban J connectivity index is 1.26. The molecule has 1 N–H and O–H groups in total. The number of esters is 1. The summed E-state index contributed by atoms with van der Waals surface area (Å²) in [4.78, 5) is 37.0. The predicted molar refractivity (Wildman–Crippen MR) is 123 cm³/mol. The molecule has 0 bridgehead atoms. The quantitative estimate of drug-likeness (QED) is 0.342. The molecule has 0 unspecified atom stereocenters. The summed E-state index contributed by atoms with van der Waals surface area (Å²) in [5.74, 6) is -1.05. The lowest BCUT2D eigenvalue weighted by Crippen LogP contribution is -2.30. The van der Waals surface area contributed by atoms with Gasteiger partial charge in [0.25, 0.3) is 5.91 Å². The Labute approximate surface area is 191 Å². The first-order valence-electron chi connectivity index (χ1n) is 10.2. The van der Waals surface area contributed by atoms with Crippen molar-refractivity contribution in [2.75, 3.05) is 6.54 Å². The smallest absolute Gasteiger partial charge is 0.336 e. The first-order valence-corrected chi connectivity index (χ1v) is 11.4. The fourth-order valence-electron chi connectivity index (χ4n) is 4.02. The molecule has 32 heavy (non-hydrogen) atoms. The van der Waals surface area contributed by atoms with Crippen molar-refractivity contribution in [2.24, 2.45) is 0 Å². The SMILES string of the molecule is O=C(CNC(=O)c1sc2ccccc2c1Cl)OCc1cc(=O)oc2cc3c(cc12)CCC3. The van der Waals surface area contributed by atoms with Crippen LogP contribution in [0.1, 0.15) is 32.8 Å². The number of ether oxygens (including phenoxy) is 1. The molecule has 2 heterocycles. The van der Waals surface area contributed by atoms with E-state index in [2.05, 4.69) is 5.32 Å². The number of aryl methyl sites for hydroxylation is 2. The van der Waals surface area contributed by atoms with Crippen molar-refractivity contribution in [3.8, 4) is 0 Å². The monoisotopic (exact) mass is 467 g/mol. The highest BCUT2D eigenvalue weighted by Crippen LogP contribution is 2.35. The van der Waals surface area contributed by atoms with Gasteiger partial charge in [-0.2, -0.15) is 0 Å². The average Bonchev–Trinajstić information content (AvgIpc) is 3.38. The first kappa shape index (κ1) is 20.7. The predicted octanol–water partition coefficient (Wildman–Crippen LogP) is 4.62. The molecule has 0 spiro atoms. The molecule has 8 heteroatoms. The third-order valence-electron chi connectivity index (χ3n) is 5.57. The maximum absolute atomic E-state index is 12.5. The third-order valence-corrected chi connectivity index (χ3v) is 7.24. The molecule has 0 saturated carbocycles. The van der Waals surface area contributed by atoms with Gasteiger partial charge in [-0.15, -0.1) is 11.3 Å². The van der Waals surface area contributed by atoms with Gasteiger partial charge in [0.15, 0.2) is 0 Å². The molecule has 2 aromatic heterocycles. The zero-order chi connectivity index (χ0) is 22.2. The maximum Gasteiger partial charge on any atom is 0.336 e. The third kappa shape index (κ3) is 3.89. The van der Waals surface area contributed by atoms with Crippen LogP contribution < -0.4 is 10.9 Å². The van der Waals surface area contributed by atoms with Crippen LogP contribution in [0.5, 0.6) is 0 Å². The summed E-state index contributed by atoms with van der Waals surface area (Å²) < 4.78 is 11.6. The Morgan fingerprint density at radius 3 is 2.69 bits per heavy atom. The topological polar surface area (TPSA) is 85.6 Å². The molecule has 2 aromatic carbocycles. The van der Waals surface area contributed by atoms with Crippen LogP contribution in [0, 0.1) is 0 Å². The molecule has 4 aromatic rings. The van der Waals surface area contributed by atoms with Crippen LogP contribution in [-0.4, -0.2) is 18.4 Å². The molecular weight excluding hydrogens is 450 g/mol. The van der Waals surface area contributed by atoms with Gasteiger partial charge in [0.2, 0.25) is 0 Å². The second-order valence-electron chi connectivity index (χ2n) is 7.65. The van der Waals surface area contributed by atoms with Crippen molar-refractivity contribution in [1.29, 1.82) is 0 Å². The van der Waals surface area contributed by atoms with Gasteiger partial charge in [-0.1, -0.05) is 29.8 Å². The minimum Gasteiger partial charge on any atom is -0.459 e. The van der Waals surface area contributed by atoms with Crippen molar-refractivity contribution in [2.45, 2.75) is 25.9 Å². The summed E-state index contributed by atoms with van der Waals surface area (Å²) >= 11 is 7.58. The van der Waals surface area contributed by atoms with E-state index in [1.54, 1.807) is 0 Å². The van der Waals surface area contributed by atoms with Crippen LogP contribution in [0.2, 0.25) is 5.02 Å². The number of hydrogen-bond acceptors (Lipinski definition) is 6. The van der Waals surface area contributed by atoms with Crippen LogP contribution in [-0.2, 0) is 29.0 Å². The number of fused-ring (bicyclic) bond motifs is 3. The Morgan fingerprint density at radius 2 is 1.88 bits per heavy atom. The van der Waals surface area contributed by atoms with Gasteiger partial charge in [0.05, 0.1) is 5.02 Å². The zero-order valence-electron chi connectivity index (χ0n) is 16.9. The van der Waals surface area contributed by atoms with E-state index < -0.39 is 17.5 Å². The summed E-state index contributed by atoms with van der Waals surface area (Å²) in [6.45, 7) is -0.391. The van der Waals surface area contributed by atoms with Gasteiger partial charge in [-0.05, 0) is 48.6 Å². The van der Waals surface area contributed by atoms with E-state index in [9.17, 15) is 14.4 Å². The van der Waals surface area contributed by atoms with E-state index in [1.807, 2.05) is 36.4 Å². The van der Waals surface area contributed by atoms with Crippen molar-refractivity contribution in [3.05, 3.63) is 79.5 Å². The number of carbonyl (C=O) groups is 2. The molecule has 1 amide bonds. The number of carbonyl (C=O) groups excluding carboxylic acids is 2. The molecule has 0 fully saturated rings. The highest BCUT2D eigenvalue weighted by atomic mass is 35.5. The molecule has 5 rings (SSSR count). The average molecular weight is 468 g/mol. The lowest BCUT2D eigenvalue weighted by atomic mass is 10.0. The van der Waals surface area contributed by atoms with E-state index in [0.29, 0.717) is 21.0 Å². The lowest BCUT2D eigenvalue weighted by molar-refractivity contribution is -0.143. The van der Waals surface area contributed by atoms with Gasteiger partial charge >= 0.3 is 11.6 Å². The Kier molecular flexibility index (Phi) is 5.45. The van der Waals surface area contributed by atoms with Gasteiger partial charge < -0.3 is 14.5 Å². The van der Waals surface area contributed by atoms with Gasteiger partial charge in [0, 0.05) is 27.1 Å². The van der Waals surface area contributed by atoms with Crippen LogP contribution in [0.15, 0.2) is 51.7 Å². The fraction of sp³-hybridized carbons (Fsp3) is 0.208. The molecule has 162 valence electrons. The van der Waals surface area contributed by atoms with Crippen molar-refractivity contribution < 1.29 is 18.7 Å². The number of amides is 1. The minimum absolute atomic E-state index is 0.0841. The van der Waals surface area contributed by atoms with Gasteiger partial charge in [0.1, 0.15) is 23.6 Å². The summed E-state index contributed by atoms with van der Waals surface area (Å²) in [6, 6.07) is 12.7. The van der Waals surface area contributed by atoms with Crippen LogP contribution in [0.25, 0.3) is 21.1 Å². The Bertz CT molecular complexity index is 1440. The van der Waals surface area contributed by atoms with E-state index in [1.165, 1.54) is 28.5 Å². The van der Waals surface area contributed by atoms with E-state index >= 15 is 0 Å². The minimum atomic E-state index is -0.613. The number of hydrogen-bond donors (Lipinski definition) is 1. The van der Waals surface area contributed by atoms with Crippen LogP contribution in [0.3, 0.4) is 0 Å². The summed E-state index contributed by atoms with van der Waals surface area (Å²) in [7, 11) is 0. The van der Waals surface area contributed by atoms with Crippen LogP contribution in [0.4, 0.5) is 0 Å². The molecule has 1 aliphatic carbocycles. The fourth-order valence-corrected chi connectivity index (χ4v) is 5.45. The van der Waals surface area contributed by atoms with Crippen molar-refractivity contribution in [1.82, 2.24) is 5.32 Å². The maximum atomic E-state index is 12.5. The second kappa shape index (κ2) is 8.41. The lowest BCUT2D eigenvalue weighted by Gasteiger charge is -2.09. The number of nitrogens with one attached hydrogen (secondary N) is 1. The molecular formula is C24H18ClNO5S. The standard InChI is InChI=1S/C24H18ClNO5S/c25-22-16-6-1-2-7-19(16)32-23(22)24(29)26-11-21(28)30-12-15-10-20(27)31-18-9-14-5-3-4-13(14)8-17(15)18/h1-2,6-10H,3-5,11-12H2,(H,26,29). The van der Waals surface area contributed by atoms with Gasteiger partial charge in [-0.25, -0.2) is 4.79 Å². The molecule has 1 aliphatic rings. The molecule has 0 saturated heterocycles. The number of thiophene rings is 1. The number of halogens is 1. The Hall–Kier alpha value is -3.16. The highest BCUT2D eigenvalue weighted by Gasteiger charge is 2.19. The largest absolute Gasteiger partial charge is 0.459 e. The Morgan fingerprint density at radius 1 is 1.09 bits per heavy atom. The zero-order valence-corrected chi connectivity index (χ0v) is 18.5. The van der Waals surface area contributed by atoms with Crippen molar-refractivity contribution >= 4 is 55.9 Å².